The van der Waals surface area contributed by atoms with Crippen LogP contribution < -0.4 is 5.73 Å². The van der Waals surface area contributed by atoms with Gasteiger partial charge in [0.15, 0.2) is 5.65 Å². The van der Waals surface area contributed by atoms with Gasteiger partial charge in [-0.15, -0.1) is 0 Å². The summed E-state index contributed by atoms with van der Waals surface area (Å²) in [6.07, 6.45) is 1.25. The number of anilines is 1. The van der Waals surface area contributed by atoms with E-state index in [9.17, 15) is 4.79 Å². The summed E-state index contributed by atoms with van der Waals surface area (Å²) in [6, 6.07) is 1.81. The fourth-order valence-corrected chi connectivity index (χ4v) is 1.48. The highest BCUT2D eigenvalue weighted by atomic mass is 16.4. The van der Waals surface area contributed by atoms with Gasteiger partial charge >= 0.3 is 5.97 Å². The number of rotatable bonds is 1. The van der Waals surface area contributed by atoms with Gasteiger partial charge in [-0.05, 0) is 0 Å². The monoisotopic (exact) mass is 234 g/mol. The Morgan fingerprint density at radius 3 is 2.65 bits per heavy atom. The lowest BCUT2D eigenvalue weighted by molar-refractivity contribution is 0.0697. The topological polar surface area (TPSA) is 93.5 Å². The molecule has 0 saturated heterocycles. The van der Waals surface area contributed by atoms with Gasteiger partial charge in [0.05, 0.1) is 5.69 Å². The predicted molar refractivity (Wildman–Crippen MR) is 63.1 cm³/mol. The van der Waals surface area contributed by atoms with E-state index in [-0.39, 0.29) is 16.8 Å². The van der Waals surface area contributed by atoms with Crippen LogP contribution in [0.4, 0.5) is 5.82 Å². The molecule has 2 heterocycles. The summed E-state index contributed by atoms with van der Waals surface area (Å²) in [5.41, 5.74) is 6.95. The Hall–Kier alpha value is -2.11. The van der Waals surface area contributed by atoms with Crippen LogP contribution in [0, 0.1) is 0 Å². The minimum absolute atomic E-state index is 0.0407. The first-order valence-corrected chi connectivity index (χ1v) is 5.19. The number of hydrogen-bond acceptors (Lipinski definition) is 4. The van der Waals surface area contributed by atoms with E-state index in [2.05, 4.69) is 10.1 Å². The highest BCUT2D eigenvalue weighted by Gasteiger charge is 2.20. The molecule has 90 valence electrons. The average molecular weight is 234 g/mol. The van der Waals surface area contributed by atoms with Crippen molar-refractivity contribution in [3.63, 3.8) is 0 Å². The Bertz CT molecular complexity index is 595. The highest BCUT2D eigenvalue weighted by Crippen LogP contribution is 2.23. The molecule has 0 aliphatic heterocycles. The molecule has 0 saturated carbocycles. The van der Waals surface area contributed by atoms with Crippen molar-refractivity contribution < 1.29 is 9.90 Å². The minimum Gasteiger partial charge on any atom is -0.477 e. The second-order valence-corrected chi connectivity index (χ2v) is 4.91. The lowest BCUT2D eigenvalue weighted by Gasteiger charge is -2.13. The summed E-state index contributed by atoms with van der Waals surface area (Å²) in [6.45, 7) is 6.05. The van der Waals surface area contributed by atoms with E-state index in [1.54, 1.807) is 0 Å². The van der Waals surface area contributed by atoms with E-state index >= 15 is 0 Å². The molecule has 0 atom stereocenters. The molecule has 2 rings (SSSR count). The summed E-state index contributed by atoms with van der Waals surface area (Å²) >= 11 is 0. The Morgan fingerprint density at radius 1 is 1.47 bits per heavy atom. The molecule has 17 heavy (non-hydrogen) atoms. The van der Waals surface area contributed by atoms with Crippen molar-refractivity contribution in [3.05, 3.63) is 23.5 Å². The number of fused-ring (bicyclic) bond motifs is 1. The number of aromatic carboxylic acids is 1. The number of carbonyl (C=O) groups is 1. The summed E-state index contributed by atoms with van der Waals surface area (Å²) in [5, 5.41) is 13.2. The molecule has 0 aliphatic rings. The van der Waals surface area contributed by atoms with Crippen LogP contribution >= 0.6 is 0 Å². The largest absolute Gasteiger partial charge is 0.477 e. The van der Waals surface area contributed by atoms with Gasteiger partial charge in [0.2, 0.25) is 0 Å². The SMILES string of the molecule is CC(C)(C)c1cc2ncc(C(=O)O)c(N)n2n1. The number of hydrogen-bond donors (Lipinski definition) is 2. The molecular weight excluding hydrogens is 220 g/mol. The van der Waals surface area contributed by atoms with Crippen LogP contribution in [0.2, 0.25) is 0 Å². The summed E-state index contributed by atoms with van der Waals surface area (Å²) in [5.74, 6) is -1.01. The molecule has 0 fully saturated rings. The third kappa shape index (κ3) is 1.82. The number of carboxylic acids is 1. The van der Waals surface area contributed by atoms with Crippen LogP contribution in [0.3, 0.4) is 0 Å². The molecule has 2 aromatic heterocycles. The van der Waals surface area contributed by atoms with Crippen molar-refractivity contribution in [1.82, 2.24) is 14.6 Å². The van der Waals surface area contributed by atoms with Crippen LogP contribution in [-0.2, 0) is 5.41 Å². The second kappa shape index (κ2) is 3.44. The first-order valence-electron chi connectivity index (χ1n) is 5.19. The summed E-state index contributed by atoms with van der Waals surface area (Å²) in [7, 11) is 0. The van der Waals surface area contributed by atoms with Crippen LogP contribution in [0.5, 0.6) is 0 Å². The smallest absolute Gasteiger partial charge is 0.341 e. The van der Waals surface area contributed by atoms with Gasteiger partial charge in [0.25, 0.3) is 0 Å². The maximum Gasteiger partial charge on any atom is 0.341 e. The number of nitrogens with zero attached hydrogens (tertiary/aromatic N) is 3. The van der Waals surface area contributed by atoms with Crippen molar-refractivity contribution in [3.8, 4) is 0 Å². The van der Waals surface area contributed by atoms with E-state index in [0.717, 1.165) is 5.69 Å². The molecular formula is C11H14N4O2. The number of nitrogens with two attached hydrogens (primary N) is 1. The molecule has 6 heteroatoms. The molecule has 0 bridgehead atoms. The molecule has 0 aliphatic carbocycles. The van der Waals surface area contributed by atoms with Gasteiger partial charge in [-0.25, -0.2) is 9.78 Å². The van der Waals surface area contributed by atoms with Crippen molar-refractivity contribution >= 4 is 17.4 Å². The van der Waals surface area contributed by atoms with Crippen LogP contribution in [-0.4, -0.2) is 25.7 Å². The van der Waals surface area contributed by atoms with E-state index in [1.165, 1.54) is 10.7 Å². The van der Waals surface area contributed by atoms with Gasteiger partial charge in [0.1, 0.15) is 11.4 Å². The minimum atomic E-state index is -1.11. The average Bonchev–Trinajstić information content (AvgIpc) is 2.61. The first-order chi connectivity index (χ1) is 7.80. The predicted octanol–water partition coefficient (Wildman–Crippen LogP) is 1.31. The lowest BCUT2D eigenvalue weighted by Crippen LogP contribution is -2.13. The first kappa shape index (κ1) is 11.4. The molecule has 6 nitrogen and oxygen atoms in total. The fraction of sp³-hybridized carbons (Fsp3) is 0.364. The van der Waals surface area contributed by atoms with Gasteiger partial charge in [-0.2, -0.15) is 9.61 Å². The molecule has 2 aromatic rings. The zero-order valence-corrected chi connectivity index (χ0v) is 9.93. The van der Waals surface area contributed by atoms with Crippen molar-refractivity contribution in [2.45, 2.75) is 26.2 Å². The van der Waals surface area contributed by atoms with Crippen LogP contribution in [0.15, 0.2) is 12.3 Å². The van der Waals surface area contributed by atoms with Crippen molar-refractivity contribution in [2.75, 3.05) is 5.73 Å². The third-order valence-corrected chi connectivity index (χ3v) is 2.52. The number of carboxylic acid groups (broad SMARTS) is 1. The quantitative estimate of drug-likeness (QED) is 0.775. The third-order valence-electron chi connectivity index (χ3n) is 2.52. The second-order valence-electron chi connectivity index (χ2n) is 4.91. The Kier molecular flexibility index (Phi) is 2.30. The maximum atomic E-state index is 10.9. The van der Waals surface area contributed by atoms with E-state index < -0.39 is 5.97 Å². The molecule has 0 radical (unpaired) electrons. The Labute approximate surface area is 98.1 Å². The van der Waals surface area contributed by atoms with Gasteiger partial charge < -0.3 is 10.8 Å². The highest BCUT2D eigenvalue weighted by molar-refractivity contribution is 5.92. The van der Waals surface area contributed by atoms with E-state index in [0.29, 0.717) is 5.65 Å². The molecule has 0 aromatic carbocycles. The Balaban J connectivity index is 2.70. The lowest BCUT2D eigenvalue weighted by atomic mass is 9.93. The standard InChI is InChI=1S/C11H14N4O2/c1-11(2,3)7-4-8-13-5-6(10(16)17)9(12)15(8)14-7/h4-5H,12H2,1-3H3,(H,16,17). The van der Waals surface area contributed by atoms with E-state index in [4.69, 9.17) is 10.8 Å². The van der Waals surface area contributed by atoms with Crippen LogP contribution in [0.25, 0.3) is 5.65 Å². The summed E-state index contributed by atoms with van der Waals surface area (Å²) < 4.78 is 1.37. The summed E-state index contributed by atoms with van der Waals surface area (Å²) in [4.78, 5) is 14.9. The number of aromatic nitrogens is 3. The van der Waals surface area contributed by atoms with Gasteiger partial charge in [-0.1, -0.05) is 20.8 Å². The zero-order valence-electron chi connectivity index (χ0n) is 9.93. The zero-order chi connectivity index (χ0) is 12.8. The molecule has 0 amide bonds. The van der Waals surface area contributed by atoms with Crippen molar-refractivity contribution in [1.29, 1.82) is 0 Å². The van der Waals surface area contributed by atoms with Gasteiger partial charge in [-0.3, -0.25) is 0 Å². The number of nitrogen functional groups attached to an aromatic ring is 1. The van der Waals surface area contributed by atoms with Crippen molar-refractivity contribution in [2.24, 2.45) is 0 Å². The molecule has 3 N–H and O–H groups in total. The fourth-order valence-electron chi connectivity index (χ4n) is 1.48. The van der Waals surface area contributed by atoms with Gasteiger partial charge in [0, 0.05) is 17.7 Å². The Morgan fingerprint density at radius 2 is 2.12 bits per heavy atom. The molecule has 0 unspecified atom stereocenters. The molecule has 0 spiro atoms. The van der Waals surface area contributed by atoms with Crippen LogP contribution in [0.1, 0.15) is 36.8 Å². The van der Waals surface area contributed by atoms with E-state index in [1.807, 2.05) is 26.8 Å². The maximum absolute atomic E-state index is 10.9. The normalized spacial score (nSPS) is 11.9.